The van der Waals surface area contributed by atoms with Gasteiger partial charge in [-0.3, -0.25) is 4.57 Å². The van der Waals surface area contributed by atoms with Crippen LogP contribution in [0.15, 0.2) is 17.3 Å². The van der Waals surface area contributed by atoms with Crippen LogP contribution in [0.1, 0.15) is 43.5 Å². The van der Waals surface area contributed by atoms with Gasteiger partial charge in [-0.1, -0.05) is 0 Å². The second-order valence-corrected chi connectivity index (χ2v) is 6.32. The summed E-state index contributed by atoms with van der Waals surface area (Å²) in [7, 11) is 1.70. The predicted molar refractivity (Wildman–Crippen MR) is 81.9 cm³/mol. The molecule has 2 aliphatic rings. The van der Waals surface area contributed by atoms with Crippen molar-refractivity contribution in [1.29, 1.82) is 0 Å². The SMILES string of the molecule is Cn1nc(C2CCN(c3ncncc3F)CC2)n(C2CC2)c1=O. The van der Waals surface area contributed by atoms with Crippen molar-refractivity contribution in [3.8, 4) is 0 Å². The Balaban J connectivity index is 1.53. The van der Waals surface area contributed by atoms with E-state index in [2.05, 4.69) is 15.1 Å². The van der Waals surface area contributed by atoms with E-state index in [4.69, 9.17) is 0 Å². The first-order chi connectivity index (χ1) is 11.1. The molecule has 0 N–H and O–H groups in total. The van der Waals surface area contributed by atoms with E-state index < -0.39 is 5.82 Å². The van der Waals surface area contributed by atoms with Gasteiger partial charge in [0.25, 0.3) is 0 Å². The smallest absolute Gasteiger partial charge is 0.345 e. The molecule has 23 heavy (non-hydrogen) atoms. The minimum absolute atomic E-state index is 0.0215. The van der Waals surface area contributed by atoms with E-state index in [9.17, 15) is 9.18 Å². The first-order valence-corrected chi connectivity index (χ1v) is 8.01. The molecule has 8 heteroatoms. The molecule has 0 bridgehead atoms. The average Bonchev–Trinajstić information content (AvgIpc) is 3.35. The molecule has 2 aromatic rings. The van der Waals surface area contributed by atoms with E-state index in [1.807, 2.05) is 9.47 Å². The van der Waals surface area contributed by atoms with Crippen molar-refractivity contribution in [1.82, 2.24) is 24.3 Å². The maximum atomic E-state index is 13.8. The monoisotopic (exact) mass is 318 g/mol. The number of rotatable bonds is 3. The van der Waals surface area contributed by atoms with E-state index in [1.54, 1.807) is 7.05 Å². The van der Waals surface area contributed by atoms with Gasteiger partial charge in [0, 0.05) is 32.1 Å². The molecule has 1 saturated carbocycles. The van der Waals surface area contributed by atoms with Gasteiger partial charge in [0.15, 0.2) is 11.6 Å². The maximum Gasteiger partial charge on any atom is 0.345 e. The fourth-order valence-electron chi connectivity index (χ4n) is 3.34. The topological polar surface area (TPSA) is 68.8 Å². The molecule has 2 fully saturated rings. The van der Waals surface area contributed by atoms with Crippen LogP contribution < -0.4 is 10.6 Å². The summed E-state index contributed by atoms with van der Waals surface area (Å²) in [6, 6.07) is 0.323. The number of piperidine rings is 1. The molecule has 3 heterocycles. The van der Waals surface area contributed by atoms with Gasteiger partial charge in [0.2, 0.25) is 0 Å². The molecule has 1 aliphatic carbocycles. The molecule has 1 aliphatic heterocycles. The second kappa shape index (κ2) is 5.43. The fraction of sp³-hybridized carbons (Fsp3) is 0.600. The van der Waals surface area contributed by atoms with Gasteiger partial charge < -0.3 is 4.90 Å². The first kappa shape index (κ1) is 14.3. The van der Waals surface area contributed by atoms with Gasteiger partial charge in [-0.2, -0.15) is 5.10 Å². The van der Waals surface area contributed by atoms with Crippen LogP contribution in [0.25, 0.3) is 0 Å². The van der Waals surface area contributed by atoms with Crippen LogP contribution in [-0.2, 0) is 7.05 Å². The highest BCUT2D eigenvalue weighted by Crippen LogP contribution is 2.37. The highest BCUT2D eigenvalue weighted by atomic mass is 19.1. The number of aromatic nitrogens is 5. The lowest BCUT2D eigenvalue weighted by atomic mass is 9.96. The number of aryl methyl sites for hydroxylation is 1. The van der Waals surface area contributed by atoms with Crippen molar-refractivity contribution in [2.45, 2.75) is 37.6 Å². The zero-order valence-electron chi connectivity index (χ0n) is 13.0. The Hall–Kier alpha value is -2.25. The lowest BCUT2D eigenvalue weighted by molar-refractivity contribution is 0.455. The van der Waals surface area contributed by atoms with Crippen molar-refractivity contribution in [2.75, 3.05) is 18.0 Å². The van der Waals surface area contributed by atoms with Gasteiger partial charge in [-0.25, -0.2) is 23.8 Å². The van der Waals surface area contributed by atoms with Crippen molar-refractivity contribution < 1.29 is 4.39 Å². The predicted octanol–water partition coefficient (Wildman–Crippen LogP) is 1.23. The van der Waals surface area contributed by atoms with Crippen LogP contribution >= 0.6 is 0 Å². The van der Waals surface area contributed by atoms with Gasteiger partial charge in [-0.05, 0) is 25.7 Å². The lowest BCUT2D eigenvalue weighted by Crippen LogP contribution is -2.35. The molecule has 1 saturated heterocycles. The minimum Gasteiger partial charge on any atom is -0.354 e. The molecule has 0 unspecified atom stereocenters. The molecular weight excluding hydrogens is 299 g/mol. The Morgan fingerprint density at radius 3 is 2.61 bits per heavy atom. The zero-order chi connectivity index (χ0) is 16.0. The Kier molecular flexibility index (Phi) is 3.39. The van der Waals surface area contributed by atoms with Gasteiger partial charge in [-0.15, -0.1) is 0 Å². The largest absolute Gasteiger partial charge is 0.354 e. The summed E-state index contributed by atoms with van der Waals surface area (Å²) in [6.07, 6.45) is 6.36. The van der Waals surface area contributed by atoms with Crippen LogP contribution in [0.3, 0.4) is 0 Å². The van der Waals surface area contributed by atoms with Crippen molar-refractivity contribution >= 4 is 5.82 Å². The number of nitrogens with zero attached hydrogens (tertiary/aromatic N) is 6. The Labute approximate surface area is 132 Å². The fourth-order valence-corrected chi connectivity index (χ4v) is 3.34. The number of hydrogen-bond donors (Lipinski definition) is 0. The summed E-state index contributed by atoms with van der Waals surface area (Å²) >= 11 is 0. The highest BCUT2D eigenvalue weighted by molar-refractivity contribution is 5.39. The van der Waals surface area contributed by atoms with E-state index in [-0.39, 0.29) is 11.6 Å². The van der Waals surface area contributed by atoms with E-state index in [0.29, 0.717) is 24.9 Å². The van der Waals surface area contributed by atoms with Crippen LogP contribution in [0, 0.1) is 5.82 Å². The molecule has 0 aromatic carbocycles. The quantitative estimate of drug-likeness (QED) is 0.851. The molecule has 0 spiro atoms. The third-order valence-corrected chi connectivity index (χ3v) is 4.70. The van der Waals surface area contributed by atoms with Crippen LogP contribution in [0.4, 0.5) is 10.2 Å². The van der Waals surface area contributed by atoms with E-state index in [1.165, 1.54) is 17.2 Å². The molecule has 2 aromatic heterocycles. The Morgan fingerprint density at radius 2 is 1.96 bits per heavy atom. The van der Waals surface area contributed by atoms with Crippen LogP contribution in [-0.4, -0.2) is 37.4 Å². The summed E-state index contributed by atoms with van der Waals surface area (Å²) in [4.78, 5) is 21.9. The molecule has 7 nitrogen and oxygen atoms in total. The third-order valence-electron chi connectivity index (χ3n) is 4.70. The minimum atomic E-state index is -0.390. The summed E-state index contributed by atoms with van der Waals surface area (Å²) in [5.74, 6) is 1.10. The first-order valence-electron chi connectivity index (χ1n) is 8.01. The van der Waals surface area contributed by atoms with Gasteiger partial charge in [0.05, 0.1) is 6.20 Å². The average molecular weight is 318 g/mol. The van der Waals surface area contributed by atoms with E-state index >= 15 is 0 Å². The molecule has 0 atom stereocenters. The Bertz CT molecular complexity index is 773. The molecule has 0 radical (unpaired) electrons. The van der Waals surface area contributed by atoms with Crippen LogP contribution in [0.2, 0.25) is 0 Å². The van der Waals surface area contributed by atoms with Gasteiger partial charge >= 0.3 is 5.69 Å². The van der Waals surface area contributed by atoms with E-state index in [0.717, 1.165) is 31.5 Å². The molecule has 0 amide bonds. The number of hydrogen-bond acceptors (Lipinski definition) is 5. The van der Waals surface area contributed by atoms with Gasteiger partial charge in [0.1, 0.15) is 12.2 Å². The second-order valence-electron chi connectivity index (χ2n) is 6.32. The zero-order valence-corrected chi connectivity index (χ0v) is 13.0. The number of anilines is 1. The highest BCUT2D eigenvalue weighted by Gasteiger charge is 2.34. The van der Waals surface area contributed by atoms with Crippen molar-refractivity contribution in [3.05, 3.63) is 34.7 Å². The standard InChI is InChI=1S/C15H19FN6O/c1-20-15(23)22(11-2-3-11)13(19-20)10-4-6-21(7-5-10)14-12(16)8-17-9-18-14/h8-11H,2-7H2,1H3. The lowest BCUT2D eigenvalue weighted by Gasteiger charge is -2.32. The van der Waals surface area contributed by atoms with Crippen molar-refractivity contribution in [2.24, 2.45) is 7.05 Å². The summed E-state index contributed by atoms with van der Waals surface area (Å²) in [5, 5.41) is 4.46. The third kappa shape index (κ3) is 2.51. The summed E-state index contributed by atoms with van der Waals surface area (Å²) < 4.78 is 17.1. The molecule has 122 valence electrons. The maximum absolute atomic E-state index is 13.8. The van der Waals surface area contributed by atoms with Crippen molar-refractivity contribution in [3.63, 3.8) is 0 Å². The number of halogens is 1. The normalized spacial score (nSPS) is 19.3. The summed E-state index contributed by atoms with van der Waals surface area (Å²) in [5.41, 5.74) is -0.0215. The van der Waals surface area contributed by atoms with Crippen LogP contribution in [0.5, 0.6) is 0 Å². The molecular formula is C15H19FN6O. The summed E-state index contributed by atoms with van der Waals surface area (Å²) in [6.45, 7) is 1.40. The Morgan fingerprint density at radius 1 is 1.22 bits per heavy atom. The molecule has 4 rings (SSSR count).